The minimum absolute atomic E-state index is 0.0270. The van der Waals surface area contributed by atoms with Crippen molar-refractivity contribution in [3.63, 3.8) is 0 Å². The van der Waals surface area contributed by atoms with Crippen LogP contribution in [-0.2, 0) is 4.79 Å². The molecule has 24 heavy (non-hydrogen) atoms. The Labute approximate surface area is 143 Å². The van der Waals surface area contributed by atoms with E-state index in [-0.39, 0.29) is 18.6 Å². The number of hydrogen-bond donors (Lipinski definition) is 1. The summed E-state index contributed by atoms with van der Waals surface area (Å²) >= 11 is 0. The van der Waals surface area contributed by atoms with Crippen molar-refractivity contribution in [2.45, 2.75) is 40.2 Å². The number of carbonyl (C=O) groups is 1. The lowest BCUT2D eigenvalue weighted by molar-refractivity contribution is -0.118. The number of ether oxygens (including phenoxy) is 2. The number of benzene rings is 2. The number of amides is 1. The van der Waals surface area contributed by atoms with Gasteiger partial charge in [-0.15, -0.1) is 0 Å². The van der Waals surface area contributed by atoms with Crippen molar-refractivity contribution in [1.82, 2.24) is 0 Å². The molecule has 0 aliphatic heterocycles. The van der Waals surface area contributed by atoms with Crippen LogP contribution in [0.5, 0.6) is 11.5 Å². The Morgan fingerprint density at radius 1 is 1.17 bits per heavy atom. The van der Waals surface area contributed by atoms with E-state index in [1.807, 2.05) is 63.2 Å². The van der Waals surface area contributed by atoms with Gasteiger partial charge in [0, 0.05) is 11.8 Å². The highest BCUT2D eigenvalue weighted by molar-refractivity contribution is 5.92. The van der Waals surface area contributed by atoms with Gasteiger partial charge in [0.25, 0.3) is 5.91 Å². The smallest absolute Gasteiger partial charge is 0.262 e. The fraction of sp³-hybridized carbons (Fsp3) is 0.350. The first-order chi connectivity index (χ1) is 11.5. The molecule has 0 aromatic heterocycles. The molecule has 128 valence electrons. The van der Waals surface area contributed by atoms with E-state index in [1.54, 1.807) is 0 Å². The van der Waals surface area contributed by atoms with Gasteiger partial charge in [-0.25, -0.2) is 0 Å². The first-order valence-electron chi connectivity index (χ1n) is 8.25. The molecule has 1 amide bonds. The quantitative estimate of drug-likeness (QED) is 0.814. The van der Waals surface area contributed by atoms with Gasteiger partial charge in [-0.3, -0.25) is 4.79 Å². The molecule has 0 aliphatic carbocycles. The molecule has 0 heterocycles. The average Bonchev–Trinajstić information content (AvgIpc) is 2.56. The number of nitrogens with one attached hydrogen (secondary N) is 1. The van der Waals surface area contributed by atoms with E-state index >= 15 is 0 Å². The van der Waals surface area contributed by atoms with Crippen LogP contribution in [0.25, 0.3) is 0 Å². The van der Waals surface area contributed by atoms with Gasteiger partial charge in [-0.2, -0.15) is 0 Å². The largest absolute Gasteiger partial charge is 0.491 e. The summed E-state index contributed by atoms with van der Waals surface area (Å²) in [6.45, 7) is 8.06. The van der Waals surface area contributed by atoms with Crippen molar-refractivity contribution in [3.05, 3.63) is 53.6 Å². The first kappa shape index (κ1) is 17.9. The van der Waals surface area contributed by atoms with Crippen LogP contribution in [0, 0.1) is 13.8 Å². The maximum Gasteiger partial charge on any atom is 0.262 e. The Morgan fingerprint density at radius 2 is 1.92 bits per heavy atom. The van der Waals surface area contributed by atoms with E-state index in [1.165, 1.54) is 0 Å². The summed E-state index contributed by atoms with van der Waals surface area (Å²) in [5.74, 6) is 1.29. The highest BCUT2D eigenvalue weighted by Gasteiger charge is 2.08. The van der Waals surface area contributed by atoms with Crippen LogP contribution < -0.4 is 14.8 Å². The van der Waals surface area contributed by atoms with Gasteiger partial charge < -0.3 is 14.8 Å². The third-order valence-corrected chi connectivity index (χ3v) is 3.94. The van der Waals surface area contributed by atoms with Crippen LogP contribution >= 0.6 is 0 Å². The molecule has 2 rings (SSSR count). The minimum Gasteiger partial charge on any atom is -0.491 e. The molecular weight excluding hydrogens is 302 g/mol. The second-order valence-electron chi connectivity index (χ2n) is 5.90. The first-order valence-corrected chi connectivity index (χ1v) is 8.25. The monoisotopic (exact) mass is 327 g/mol. The fourth-order valence-electron chi connectivity index (χ4n) is 2.18. The average molecular weight is 327 g/mol. The fourth-order valence-corrected chi connectivity index (χ4v) is 2.18. The van der Waals surface area contributed by atoms with Crippen LogP contribution in [-0.4, -0.2) is 18.6 Å². The standard InChI is InChI=1S/C20H25NO3/c1-5-15(3)24-18-10-7-9-17(12-18)21-20(22)13-23-19-11-6-8-14(2)16(19)4/h6-12,15H,5,13H2,1-4H3,(H,21,22). The molecule has 0 saturated carbocycles. The third-order valence-electron chi connectivity index (χ3n) is 3.94. The summed E-state index contributed by atoms with van der Waals surface area (Å²) < 4.78 is 11.4. The molecule has 1 atom stereocenters. The van der Waals surface area contributed by atoms with Gasteiger partial charge in [0.2, 0.25) is 0 Å². The maximum atomic E-state index is 12.1. The SMILES string of the molecule is CCC(C)Oc1cccc(NC(=O)COc2cccc(C)c2C)c1. The van der Waals surface area contributed by atoms with Crippen LogP contribution in [0.2, 0.25) is 0 Å². The summed E-state index contributed by atoms with van der Waals surface area (Å²) in [7, 11) is 0. The topological polar surface area (TPSA) is 47.6 Å². The van der Waals surface area contributed by atoms with E-state index in [9.17, 15) is 4.79 Å². The van der Waals surface area contributed by atoms with E-state index < -0.39 is 0 Å². The molecule has 0 saturated heterocycles. The lowest BCUT2D eigenvalue weighted by atomic mass is 10.1. The highest BCUT2D eigenvalue weighted by atomic mass is 16.5. The number of rotatable bonds is 7. The zero-order chi connectivity index (χ0) is 17.5. The lowest BCUT2D eigenvalue weighted by Gasteiger charge is -2.14. The van der Waals surface area contributed by atoms with E-state index in [2.05, 4.69) is 12.2 Å². The minimum atomic E-state index is -0.198. The van der Waals surface area contributed by atoms with Crippen LogP contribution in [0.4, 0.5) is 5.69 Å². The summed E-state index contributed by atoms with van der Waals surface area (Å²) in [6, 6.07) is 13.2. The molecule has 0 spiro atoms. The molecule has 0 fully saturated rings. The Hall–Kier alpha value is -2.49. The molecule has 4 heteroatoms. The number of aryl methyl sites for hydroxylation is 1. The van der Waals surface area contributed by atoms with Gasteiger partial charge in [0.1, 0.15) is 11.5 Å². The van der Waals surface area contributed by atoms with Gasteiger partial charge in [0.15, 0.2) is 6.61 Å². The Balaban J connectivity index is 1.92. The van der Waals surface area contributed by atoms with Crippen molar-refractivity contribution in [1.29, 1.82) is 0 Å². The zero-order valence-electron chi connectivity index (χ0n) is 14.8. The van der Waals surface area contributed by atoms with Crippen molar-refractivity contribution in [2.24, 2.45) is 0 Å². The van der Waals surface area contributed by atoms with Crippen molar-refractivity contribution < 1.29 is 14.3 Å². The van der Waals surface area contributed by atoms with Gasteiger partial charge in [0.05, 0.1) is 6.10 Å². The van der Waals surface area contributed by atoms with Gasteiger partial charge in [-0.05, 0) is 56.5 Å². The molecular formula is C20H25NO3. The van der Waals surface area contributed by atoms with E-state index in [0.29, 0.717) is 5.69 Å². The second kappa shape index (κ2) is 8.39. The Kier molecular flexibility index (Phi) is 6.24. The number of hydrogen-bond acceptors (Lipinski definition) is 3. The summed E-state index contributed by atoms with van der Waals surface area (Å²) in [5.41, 5.74) is 2.89. The molecule has 1 unspecified atom stereocenters. The Bertz CT molecular complexity index is 697. The predicted molar refractivity (Wildman–Crippen MR) is 96.9 cm³/mol. The van der Waals surface area contributed by atoms with E-state index in [0.717, 1.165) is 29.0 Å². The molecule has 0 aliphatic rings. The molecule has 2 aromatic carbocycles. The second-order valence-corrected chi connectivity index (χ2v) is 5.90. The maximum absolute atomic E-state index is 12.1. The van der Waals surface area contributed by atoms with Crippen molar-refractivity contribution >= 4 is 11.6 Å². The summed E-state index contributed by atoms with van der Waals surface area (Å²) in [4.78, 5) is 12.1. The zero-order valence-corrected chi connectivity index (χ0v) is 14.8. The third kappa shape index (κ3) is 5.01. The van der Waals surface area contributed by atoms with E-state index in [4.69, 9.17) is 9.47 Å². The summed E-state index contributed by atoms with van der Waals surface area (Å²) in [6.07, 6.45) is 1.07. The van der Waals surface area contributed by atoms with Crippen LogP contribution in [0.15, 0.2) is 42.5 Å². The molecule has 4 nitrogen and oxygen atoms in total. The number of anilines is 1. The van der Waals surface area contributed by atoms with Crippen LogP contribution in [0.1, 0.15) is 31.4 Å². The molecule has 2 aromatic rings. The van der Waals surface area contributed by atoms with Crippen molar-refractivity contribution in [2.75, 3.05) is 11.9 Å². The van der Waals surface area contributed by atoms with Gasteiger partial charge in [-0.1, -0.05) is 25.1 Å². The predicted octanol–water partition coefficient (Wildman–Crippen LogP) is 4.50. The lowest BCUT2D eigenvalue weighted by Crippen LogP contribution is -2.20. The molecule has 1 N–H and O–H groups in total. The van der Waals surface area contributed by atoms with Crippen LogP contribution in [0.3, 0.4) is 0 Å². The van der Waals surface area contributed by atoms with Gasteiger partial charge >= 0.3 is 0 Å². The van der Waals surface area contributed by atoms with Crippen molar-refractivity contribution in [3.8, 4) is 11.5 Å². The molecule has 0 radical (unpaired) electrons. The Morgan fingerprint density at radius 3 is 2.67 bits per heavy atom. The normalized spacial score (nSPS) is 11.7. The highest BCUT2D eigenvalue weighted by Crippen LogP contribution is 2.21. The summed E-state index contributed by atoms with van der Waals surface area (Å²) in [5, 5.41) is 2.83. The number of carbonyl (C=O) groups excluding carboxylic acids is 1. The molecule has 0 bridgehead atoms.